The van der Waals surface area contributed by atoms with Gasteiger partial charge in [0.1, 0.15) is 11.6 Å². The van der Waals surface area contributed by atoms with Crippen molar-refractivity contribution >= 4 is 43.8 Å². The number of ether oxygens (including phenoxy) is 1. The summed E-state index contributed by atoms with van der Waals surface area (Å²) >= 11 is 6.32. The highest BCUT2D eigenvalue weighted by molar-refractivity contribution is 7.91. The van der Waals surface area contributed by atoms with E-state index in [1.54, 1.807) is 18.2 Å². The summed E-state index contributed by atoms with van der Waals surface area (Å²) in [6.45, 7) is 2.02. The Bertz CT molecular complexity index is 1660. The number of halogens is 2. The third kappa shape index (κ3) is 5.07. The molecule has 0 unspecified atom stereocenters. The van der Waals surface area contributed by atoms with Crippen LogP contribution in [0.15, 0.2) is 71.6 Å². The largest absolute Gasteiger partial charge is 0.398 e. The molecule has 1 aromatic heterocycles. The molecule has 0 amide bonds. The minimum atomic E-state index is -3.59. The number of rotatable bonds is 6. The lowest BCUT2D eigenvalue weighted by Gasteiger charge is -2.43. The number of sulfone groups is 1. The van der Waals surface area contributed by atoms with Crippen molar-refractivity contribution < 1.29 is 17.5 Å². The summed E-state index contributed by atoms with van der Waals surface area (Å²) in [5.41, 5.74) is 9.97. The molecule has 0 atom stereocenters. The fourth-order valence-electron chi connectivity index (χ4n) is 5.34. The normalized spacial score (nSPS) is 17.8. The summed E-state index contributed by atoms with van der Waals surface area (Å²) in [6.07, 6.45) is 0.510. The second-order valence-corrected chi connectivity index (χ2v) is 12.8. The molecule has 3 N–H and O–H groups in total. The average Bonchev–Trinajstić information content (AvgIpc) is 3.02. The molecule has 1 saturated heterocycles. The summed E-state index contributed by atoms with van der Waals surface area (Å²) < 4.78 is 46.0. The van der Waals surface area contributed by atoms with Gasteiger partial charge in [-0.2, -0.15) is 0 Å². The van der Waals surface area contributed by atoms with E-state index in [-0.39, 0.29) is 29.3 Å². The van der Waals surface area contributed by atoms with Crippen molar-refractivity contribution in [3.63, 3.8) is 0 Å². The summed E-state index contributed by atoms with van der Waals surface area (Å²) in [5.74, 6) is -0.0176. The van der Waals surface area contributed by atoms with Gasteiger partial charge >= 0.3 is 0 Å². The second kappa shape index (κ2) is 10.1. The van der Waals surface area contributed by atoms with Crippen molar-refractivity contribution in [3.8, 4) is 0 Å². The zero-order valence-electron chi connectivity index (χ0n) is 21.2. The van der Waals surface area contributed by atoms with Gasteiger partial charge in [0.05, 0.1) is 34.9 Å². The van der Waals surface area contributed by atoms with Gasteiger partial charge in [0.25, 0.3) is 0 Å². The maximum atomic E-state index is 14.2. The van der Waals surface area contributed by atoms with Crippen molar-refractivity contribution in [1.82, 2.24) is 10.3 Å². The van der Waals surface area contributed by atoms with Gasteiger partial charge in [0.15, 0.2) is 9.84 Å². The Kier molecular flexibility index (Phi) is 6.71. The minimum absolute atomic E-state index is 0.119. The third-order valence-electron chi connectivity index (χ3n) is 7.50. The van der Waals surface area contributed by atoms with Crippen molar-refractivity contribution in [3.05, 3.63) is 94.3 Å². The highest BCUT2D eigenvalue weighted by Crippen LogP contribution is 2.38. The van der Waals surface area contributed by atoms with Gasteiger partial charge in [-0.1, -0.05) is 41.9 Å². The van der Waals surface area contributed by atoms with Crippen LogP contribution in [0.4, 0.5) is 15.9 Å². The van der Waals surface area contributed by atoms with Crippen LogP contribution in [0.2, 0.25) is 5.02 Å². The molecule has 0 saturated carbocycles. The fraction of sp³-hybridized carbons (Fsp3) is 0.276. The van der Waals surface area contributed by atoms with Crippen LogP contribution in [0.5, 0.6) is 0 Å². The second-order valence-electron chi connectivity index (χ2n) is 10.3. The van der Waals surface area contributed by atoms with E-state index in [0.29, 0.717) is 53.8 Å². The molecule has 0 radical (unpaired) electrons. The van der Waals surface area contributed by atoms with E-state index in [0.717, 1.165) is 16.5 Å². The SMILES string of the molecule is Nc1c(CC2(NCc3ccccc3)COC2)c(N2CCS(=O)(=O)c3ccc(F)cc3C2)nc2ccc(Cl)cc12. The first-order chi connectivity index (χ1) is 18.7. The lowest BCUT2D eigenvalue weighted by molar-refractivity contribution is -0.0748. The van der Waals surface area contributed by atoms with Gasteiger partial charge in [-0.15, -0.1) is 0 Å². The quantitative estimate of drug-likeness (QED) is 0.332. The molecule has 0 spiro atoms. The number of anilines is 2. The summed E-state index contributed by atoms with van der Waals surface area (Å²) in [4.78, 5) is 7.03. The molecule has 4 aromatic rings. The third-order valence-corrected chi connectivity index (χ3v) is 9.52. The van der Waals surface area contributed by atoms with Crippen LogP contribution in [0.3, 0.4) is 0 Å². The Labute approximate surface area is 231 Å². The predicted octanol–water partition coefficient (Wildman–Crippen LogP) is 4.50. The van der Waals surface area contributed by atoms with Crippen LogP contribution in [-0.2, 0) is 34.1 Å². The van der Waals surface area contributed by atoms with Crippen molar-refractivity contribution in [2.24, 2.45) is 0 Å². The predicted molar refractivity (Wildman–Crippen MR) is 151 cm³/mol. The van der Waals surface area contributed by atoms with Crippen molar-refractivity contribution in [1.29, 1.82) is 0 Å². The topological polar surface area (TPSA) is 97.5 Å². The van der Waals surface area contributed by atoms with Crippen LogP contribution in [0.1, 0.15) is 16.7 Å². The fourth-order valence-corrected chi connectivity index (χ4v) is 6.99. The first-order valence-corrected chi connectivity index (χ1v) is 14.8. The van der Waals surface area contributed by atoms with E-state index in [1.165, 1.54) is 18.2 Å². The van der Waals surface area contributed by atoms with E-state index < -0.39 is 15.7 Å². The lowest BCUT2D eigenvalue weighted by Crippen LogP contribution is -2.61. The molecule has 39 heavy (non-hydrogen) atoms. The number of nitrogen functional groups attached to an aromatic ring is 1. The van der Waals surface area contributed by atoms with Crippen molar-refractivity contribution in [2.75, 3.05) is 36.1 Å². The zero-order chi connectivity index (χ0) is 27.2. The van der Waals surface area contributed by atoms with Gasteiger partial charge in [-0.05, 0) is 47.5 Å². The van der Waals surface area contributed by atoms with Gasteiger partial charge in [-0.3, -0.25) is 0 Å². The van der Waals surface area contributed by atoms with Crippen LogP contribution in [-0.4, -0.2) is 44.5 Å². The Morgan fingerprint density at radius 3 is 2.64 bits per heavy atom. The molecule has 202 valence electrons. The standard InChI is InChI=1S/C29H28ClFN4O3S/c30-21-6-8-25-23(13-21)27(32)24(14-29(17-38-18-29)33-15-19-4-2-1-3-5-19)28(34-25)35-10-11-39(36,37)26-9-7-22(31)12-20(26)16-35/h1-9,12-13,33H,10-11,14-18H2,(H2,32,34). The molecule has 3 aromatic carbocycles. The number of hydrogen-bond acceptors (Lipinski definition) is 7. The van der Waals surface area contributed by atoms with Gasteiger partial charge in [-0.25, -0.2) is 17.8 Å². The maximum Gasteiger partial charge on any atom is 0.180 e. The van der Waals surface area contributed by atoms with E-state index in [4.69, 9.17) is 27.1 Å². The molecule has 3 heterocycles. The smallest absolute Gasteiger partial charge is 0.180 e. The number of fused-ring (bicyclic) bond motifs is 2. The molecular weight excluding hydrogens is 539 g/mol. The van der Waals surface area contributed by atoms with E-state index in [2.05, 4.69) is 17.4 Å². The van der Waals surface area contributed by atoms with Crippen LogP contribution >= 0.6 is 11.6 Å². The molecule has 2 aliphatic rings. The van der Waals surface area contributed by atoms with Gasteiger partial charge in [0, 0.05) is 47.7 Å². The number of nitrogens with two attached hydrogens (primary N) is 1. The lowest BCUT2D eigenvalue weighted by atomic mass is 9.87. The maximum absolute atomic E-state index is 14.2. The summed E-state index contributed by atoms with van der Waals surface area (Å²) in [7, 11) is -3.59. The summed E-state index contributed by atoms with van der Waals surface area (Å²) in [5, 5.41) is 4.94. The molecule has 2 aliphatic heterocycles. The van der Waals surface area contributed by atoms with E-state index >= 15 is 0 Å². The Balaban J connectivity index is 1.43. The number of benzene rings is 3. The number of aromatic nitrogens is 1. The first-order valence-electron chi connectivity index (χ1n) is 12.7. The highest BCUT2D eigenvalue weighted by Gasteiger charge is 2.40. The number of pyridine rings is 1. The zero-order valence-corrected chi connectivity index (χ0v) is 22.7. The summed E-state index contributed by atoms with van der Waals surface area (Å²) in [6, 6.07) is 19.3. The molecule has 6 rings (SSSR count). The van der Waals surface area contributed by atoms with Crippen LogP contribution < -0.4 is 16.0 Å². The molecule has 0 aliphatic carbocycles. The highest BCUT2D eigenvalue weighted by atomic mass is 35.5. The van der Waals surface area contributed by atoms with E-state index in [9.17, 15) is 12.8 Å². The van der Waals surface area contributed by atoms with Crippen LogP contribution in [0.25, 0.3) is 10.9 Å². The molecule has 7 nitrogen and oxygen atoms in total. The van der Waals surface area contributed by atoms with Crippen molar-refractivity contribution in [2.45, 2.75) is 29.9 Å². The molecule has 0 bridgehead atoms. The Morgan fingerprint density at radius 1 is 1.10 bits per heavy atom. The minimum Gasteiger partial charge on any atom is -0.398 e. The van der Waals surface area contributed by atoms with E-state index in [1.807, 2.05) is 23.1 Å². The first kappa shape index (κ1) is 26.0. The Morgan fingerprint density at radius 2 is 1.90 bits per heavy atom. The number of hydrogen-bond donors (Lipinski definition) is 2. The van der Waals surface area contributed by atoms with Gasteiger partial charge in [0.2, 0.25) is 0 Å². The van der Waals surface area contributed by atoms with Gasteiger partial charge < -0.3 is 20.7 Å². The monoisotopic (exact) mass is 566 g/mol. The number of nitrogens with zero attached hydrogens (tertiary/aromatic N) is 2. The van der Waals surface area contributed by atoms with Crippen LogP contribution in [0, 0.1) is 5.82 Å². The molecular formula is C29H28ClFN4O3S. The number of nitrogens with one attached hydrogen (secondary N) is 1. The molecule has 10 heteroatoms. The molecule has 1 fully saturated rings. The average molecular weight is 567 g/mol. The Hall–Kier alpha value is -3.24.